The second-order valence-corrected chi connectivity index (χ2v) is 7.72. The van der Waals surface area contributed by atoms with Crippen molar-refractivity contribution < 1.29 is 19.1 Å². The van der Waals surface area contributed by atoms with Gasteiger partial charge in [0, 0.05) is 18.9 Å². The Labute approximate surface area is 174 Å². The normalized spacial score (nSPS) is 20.1. The van der Waals surface area contributed by atoms with Crippen LogP contribution >= 0.6 is 0 Å². The van der Waals surface area contributed by atoms with Crippen LogP contribution in [-0.2, 0) is 20.9 Å². The number of carbonyl (C=O) groups excluding carboxylic acids is 3. The van der Waals surface area contributed by atoms with Crippen LogP contribution in [0.4, 0.5) is 5.69 Å². The Hall–Kier alpha value is -3.66. The van der Waals surface area contributed by atoms with Gasteiger partial charge in [0.15, 0.2) is 0 Å². The molecule has 2 aliphatic heterocycles. The maximum atomic E-state index is 13.5. The molecule has 2 amide bonds. The van der Waals surface area contributed by atoms with E-state index in [0.717, 1.165) is 0 Å². The lowest BCUT2D eigenvalue weighted by molar-refractivity contribution is -0.159. The van der Waals surface area contributed by atoms with Crippen LogP contribution in [0, 0.1) is 11.3 Å². The zero-order chi connectivity index (χ0) is 21.5. The zero-order valence-corrected chi connectivity index (χ0v) is 16.8. The van der Waals surface area contributed by atoms with Crippen molar-refractivity contribution in [2.45, 2.75) is 45.0 Å². The minimum absolute atomic E-state index is 0.0178. The average molecular weight is 403 g/mol. The fraction of sp³-hybridized carbons (Fsp3) is 0.304. The molecule has 1 saturated heterocycles. The zero-order valence-electron chi connectivity index (χ0n) is 16.8. The van der Waals surface area contributed by atoms with Gasteiger partial charge in [-0.3, -0.25) is 14.5 Å². The molecule has 0 unspecified atom stereocenters. The van der Waals surface area contributed by atoms with Crippen molar-refractivity contribution in [2.24, 2.45) is 0 Å². The fourth-order valence-electron chi connectivity index (χ4n) is 4.31. The SMILES string of the molecule is CC(C)N1C(=O)c2ccccc2N2C(=O)CC[C@]21C(=O)OCc1ccc(C#N)cc1. The Balaban J connectivity index is 1.72. The molecule has 7 heteroatoms. The third-order valence-electron chi connectivity index (χ3n) is 5.60. The molecule has 2 heterocycles. The summed E-state index contributed by atoms with van der Waals surface area (Å²) in [7, 11) is 0. The summed E-state index contributed by atoms with van der Waals surface area (Å²) >= 11 is 0. The van der Waals surface area contributed by atoms with Crippen LogP contribution in [0.2, 0.25) is 0 Å². The molecule has 0 radical (unpaired) electrons. The third-order valence-corrected chi connectivity index (χ3v) is 5.60. The molecule has 2 aromatic carbocycles. The number of hydrogen-bond donors (Lipinski definition) is 0. The maximum absolute atomic E-state index is 13.5. The van der Waals surface area contributed by atoms with Gasteiger partial charge in [-0.25, -0.2) is 4.79 Å². The standard InChI is InChI=1S/C23H21N3O4/c1-15(2)25-21(28)18-5-3-4-6-19(18)26-20(27)11-12-23(25,26)22(29)30-14-17-9-7-16(13-24)8-10-17/h3-10,15H,11-12,14H2,1-2H3/t23-/m1/s1. The second kappa shape index (κ2) is 7.30. The smallest absolute Gasteiger partial charge is 0.354 e. The number of ether oxygens (including phenoxy) is 1. The molecule has 4 rings (SSSR count). The monoisotopic (exact) mass is 403 g/mol. The van der Waals surface area contributed by atoms with Crippen LogP contribution in [0.5, 0.6) is 0 Å². The largest absolute Gasteiger partial charge is 0.458 e. The van der Waals surface area contributed by atoms with Crippen molar-refractivity contribution in [2.75, 3.05) is 4.90 Å². The minimum Gasteiger partial charge on any atom is -0.458 e. The fourth-order valence-corrected chi connectivity index (χ4v) is 4.31. The van der Waals surface area contributed by atoms with Crippen LogP contribution in [-0.4, -0.2) is 34.4 Å². The molecule has 2 aliphatic rings. The molecule has 30 heavy (non-hydrogen) atoms. The number of nitriles is 1. The summed E-state index contributed by atoms with van der Waals surface area (Å²) in [5.41, 5.74) is 0.572. The number of amides is 2. The van der Waals surface area contributed by atoms with Gasteiger partial charge in [0.1, 0.15) is 6.61 Å². The van der Waals surface area contributed by atoms with Crippen molar-refractivity contribution in [1.29, 1.82) is 5.26 Å². The van der Waals surface area contributed by atoms with Gasteiger partial charge in [-0.15, -0.1) is 0 Å². The molecule has 0 aromatic heterocycles. The molecule has 0 N–H and O–H groups in total. The highest BCUT2D eigenvalue weighted by molar-refractivity contribution is 6.15. The number of benzene rings is 2. The Bertz CT molecular complexity index is 1070. The Morgan fingerprint density at radius 2 is 1.87 bits per heavy atom. The van der Waals surface area contributed by atoms with E-state index < -0.39 is 11.6 Å². The summed E-state index contributed by atoms with van der Waals surface area (Å²) in [4.78, 5) is 42.5. The molecule has 7 nitrogen and oxygen atoms in total. The number of para-hydroxylation sites is 1. The molecular formula is C23H21N3O4. The topological polar surface area (TPSA) is 90.7 Å². The molecule has 152 valence electrons. The van der Waals surface area contributed by atoms with E-state index in [1.807, 2.05) is 19.9 Å². The molecule has 1 atom stereocenters. The number of rotatable bonds is 4. The van der Waals surface area contributed by atoms with Crippen molar-refractivity contribution >= 4 is 23.5 Å². The van der Waals surface area contributed by atoms with Crippen molar-refractivity contribution in [1.82, 2.24) is 4.90 Å². The molecule has 1 fully saturated rings. The number of hydrogen-bond acceptors (Lipinski definition) is 5. The summed E-state index contributed by atoms with van der Waals surface area (Å²) in [6.45, 7) is 3.63. The van der Waals surface area contributed by atoms with E-state index in [4.69, 9.17) is 10.00 Å². The van der Waals surface area contributed by atoms with Gasteiger partial charge in [0.25, 0.3) is 5.91 Å². The molecule has 0 aliphatic carbocycles. The van der Waals surface area contributed by atoms with Crippen molar-refractivity contribution in [3.8, 4) is 6.07 Å². The predicted molar refractivity (Wildman–Crippen MR) is 108 cm³/mol. The van der Waals surface area contributed by atoms with Crippen LogP contribution in [0.15, 0.2) is 48.5 Å². The summed E-state index contributed by atoms with van der Waals surface area (Å²) in [6, 6.07) is 15.3. The number of fused-ring (bicyclic) bond motifs is 3. The van der Waals surface area contributed by atoms with Gasteiger partial charge in [-0.05, 0) is 43.7 Å². The van der Waals surface area contributed by atoms with Gasteiger partial charge >= 0.3 is 5.97 Å². The van der Waals surface area contributed by atoms with Crippen molar-refractivity contribution in [3.05, 3.63) is 65.2 Å². The van der Waals surface area contributed by atoms with Crippen LogP contribution in [0.1, 0.15) is 48.2 Å². The van der Waals surface area contributed by atoms with E-state index in [2.05, 4.69) is 0 Å². The molecular weight excluding hydrogens is 382 g/mol. The summed E-state index contributed by atoms with van der Waals surface area (Å²) in [6.07, 6.45) is 0.326. The Kier molecular flexibility index (Phi) is 4.78. The van der Waals surface area contributed by atoms with Crippen LogP contribution in [0.3, 0.4) is 0 Å². The highest BCUT2D eigenvalue weighted by Crippen LogP contribution is 2.46. The lowest BCUT2D eigenvalue weighted by atomic mass is 9.95. The van der Waals surface area contributed by atoms with Gasteiger partial charge in [0.05, 0.1) is 22.9 Å². The van der Waals surface area contributed by atoms with E-state index in [-0.39, 0.29) is 37.3 Å². The van der Waals surface area contributed by atoms with Gasteiger partial charge in [0.2, 0.25) is 11.6 Å². The first-order chi connectivity index (χ1) is 14.4. The van der Waals surface area contributed by atoms with Crippen LogP contribution < -0.4 is 4.90 Å². The number of anilines is 1. The Morgan fingerprint density at radius 1 is 1.17 bits per heavy atom. The Morgan fingerprint density at radius 3 is 2.53 bits per heavy atom. The number of carbonyl (C=O) groups is 3. The minimum atomic E-state index is -1.50. The quantitative estimate of drug-likeness (QED) is 0.732. The van der Waals surface area contributed by atoms with Crippen LogP contribution in [0.25, 0.3) is 0 Å². The van der Waals surface area contributed by atoms with E-state index >= 15 is 0 Å². The lowest BCUT2D eigenvalue weighted by Gasteiger charge is -2.50. The molecule has 0 spiro atoms. The molecule has 0 saturated carbocycles. The van der Waals surface area contributed by atoms with Crippen molar-refractivity contribution in [3.63, 3.8) is 0 Å². The van der Waals surface area contributed by atoms with Gasteiger partial charge in [-0.1, -0.05) is 24.3 Å². The second-order valence-electron chi connectivity index (χ2n) is 7.72. The van der Waals surface area contributed by atoms with E-state index in [0.29, 0.717) is 22.4 Å². The summed E-state index contributed by atoms with van der Waals surface area (Å²) in [5, 5.41) is 8.92. The average Bonchev–Trinajstić information content (AvgIpc) is 3.10. The summed E-state index contributed by atoms with van der Waals surface area (Å²) < 4.78 is 5.63. The third kappa shape index (κ3) is 2.84. The molecule has 0 bridgehead atoms. The van der Waals surface area contributed by atoms with E-state index in [1.165, 1.54) is 9.80 Å². The van der Waals surface area contributed by atoms with E-state index in [9.17, 15) is 14.4 Å². The van der Waals surface area contributed by atoms with Gasteiger partial charge in [-0.2, -0.15) is 5.26 Å². The van der Waals surface area contributed by atoms with E-state index in [1.54, 1.807) is 48.5 Å². The number of nitrogens with zero attached hydrogens (tertiary/aromatic N) is 3. The predicted octanol–water partition coefficient (Wildman–Crippen LogP) is 2.99. The molecule has 2 aromatic rings. The van der Waals surface area contributed by atoms with Gasteiger partial charge < -0.3 is 9.64 Å². The lowest BCUT2D eigenvalue weighted by Crippen LogP contribution is -2.70. The summed E-state index contributed by atoms with van der Waals surface area (Å²) in [5.74, 6) is -1.13. The highest BCUT2D eigenvalue weighted by atomic mass is 16.5. The maximum Gasteiger partial charge on any atom is 0.354 e. The first-order valence-corrected chi connectivity index (χ1v) is 9.82. The first kappa shape index (κ1) is 19.6. The number of esters is 1. The first-order valence-electron chi connectivity index (χ1n) is 9.82. The highest BCUT2D eigenvalue weighted by Gasteiger charge is 2.62.